The lowest BCUT2D eigenvalue weighted by Crippen LogP contribution is -2.29. The van der Waals surface area contributed by atoms with Crippen molar-refractivity contribution < 1.29 is 14.3 Å². The lowest BCUT2D eigenvalue weighted by Gasteiger charge is -2.28. The smallest absolute Gasteiger partial charge is 0.338 e. The zero-order valence-electron chi connectivity index (χ0n) is 20.1. The maximum absolute atomic E-state index is 13.0. The Labute approximate surface area is 214 Å². The standard InChI is InChI=1S/C26H29ClN4O3S/c1-4-6-14-35-26-29-25-28-17(3)22(24(32)33-5-2)23(31(25)30-26)19-8-7-9-21(15-19)34-16-18-10-12-20(27)13-11-18/h7-13,15,23H,4-6,14,16H2,1-3H3,(H,28,29,30). The van der Waals surface area contributed by atoms with Crippen molar-refractivity contribution in [3.8, 4) is 5.75 Å². The Bertz CT molecular complexity index is 1210. The van der Waals surface area contributed by atoms with Crippen molar-refractivity contribution in [2.45, 2.75) is 51.4 Å². The van der Waals surface area contributed by atoms with Crippen molar-refractivity contribution in [2.24, 2.45) is 0 Å². The molecule has 0 bridgehead atoms. The number of anilines is 1. The lowest BCUT2D eigenvalue weighted by atomic mass is 9.95. The second-order valence-corrected chi connectivity index (χ2v) is 9.64. The minimum absolute atomic E-state index is 0.287. The molecule has 0 radical (unpaired) electrons. The maximum Gasteiger partial charge on any atom is 0.338 e. The Morgan fingerprint density at radius 3 is 2.74 bits per heavy atom. The van der Waals surface area contributed by atoms with E-state index < -0.39 is 6.04 Å². The first-order chi connectivity index (χ1) is 17.0. The number of fused-ring (bicyclic) bond motifs is 1. The number of unbranched alkanes of at least 4 members (excludes halogenated alkanes) is 1. The van der Waals surface area contributed by atoms with Crippen LogP contribution < -0.4 is 10.1 Å². The van der Waals surface area contributed by atoms with E-state index in [2.05, 4.69) is 17.2 Å². The van der Waals surface area contributed by atoms with Gasteiger partial charge in [0, 0.05) is 16.5 Å². The largest absolute Gasteiger partial charge is 0.489 e. The molecule has 0 amide bonds. The number of thioether (sulfide) groups is 1. The topological polar surface area (TPSA) is 78.3 Å². The third-order valence-corrected chi connectivity index (χ3v) is 6.73. The number of nitrogens with zero attached hydrogens (tertiary/aromatic N) is 3. The van der Waals surface area contributed by atoms with E-state index in [0.29, 0.717) is 39.8 Å². The summed E-state index contributed by atoms with van der Waals surface area (Å²) in [5, 5.41) is 9.35. The molecule has 2 heterocycles. The summed E-state index contributed by atoms with van der Waals surface area (Å²) in [6.07, 6.45) is 2.20. The van der Waals surface area contributed by atoms with E-state index in [1.165, 1.54) is 0 Å². The number of allylic oxidation sites excluding steroid dienone is 1. The molecular weight excluding hydrogens is 484 g/mol. The number of carbonyl (C=O) groups is 1. The number of rotatable bonds is 10. The zero-order valence-corrected chi connectivity index (χ0v) is 21.7. The van der Waals surface area contributed by atoms with Gasteiger partial charge >= 0.3 is 5.97 Å². The van der Waals surface area contributed by atoms with Crippen LogP contribution in [0.3, 0.4) is 0 Å². The average molecular weight is 513 g/mol. The number of carbonyl (C=O) groups excluding carboxylic acids is 1. The second-order valence-electron chi connectivity index (χ2n) is 8.14. The van der Waals surface area contributed by atoms with E-state index in [1.54, 1.807) is 23.4 Å². The molecule has 1 unspecified atom stereocenters. The van der Waals surface area contributed by atoms with E-state index >= 15 is 0 Å². The van der Waals surface area contributed by atoms with Crippen LogP contribution in [0.5, 0.6) is 5.75 Å². The number of esters is 1. The predicted molar refractivity (Wildman–Crippen MR) is 139 cm³/mol. The van der Waals surface area contributed by atoms with Crippen LogP contribution in [0.15, 0.2) is 65.0 Å². The van der Waals surface area contributed by atoms with Gasteiger partial charge in [0.2, 0.25) is 11.1 Å². The molecular formula is C26H29ClN4O3S. The summed E-state index contributed by atoms with van der Waals surface area (Å²) in [5.41, 5.74) is 3.07. The van der Waals surface area contributed by atoms with Gasteiger partial charge in [0.25, 0.3) is 0 Å². The summed E-state index contributed by atoms with van der Waals surface area (Å²) < 4.78 is 13.2. The first-order valence-corrected chi connectivity index (χ1v) is 13.1. The van der Waals surface area contributed by atoms with Crippen molar-refractivity contribution >= 4 is 35.3 Å². The number of ether oxygens (including phenoxy) is 2. The van der Waals surface area contributed by atoms with E-state index in [1.807, 2.05) is 55.5 Å². The normalized spacial score (nSPS) is 14.9. The fraction of sp³-hybridized carbons (Fsp3) is 0.346. The van der Waals surface area contributed by atoms with Crippen LogP contribution in [-0.2, 0) is 16.1 Å². The van der Waals surface area contributed by atoms with Crippen LogP contribution in [0, 0.1) is 0 Å². The van der Waals surface area contributed by atoms with Gasteiger partial charge in [0.1, 0.15) is 18.4 Å². The molecule has 0 fully saturated rings. The van der Waals surface area contributed by atoms with Gasteiger partial charge in [0.15, 0.2) is 0 Å². The van der Waals surface area contributed by atoms with E-state index in [9.17, 15) is 4.79 Å². The molecule has 0 saturated carbocycles. The van der Waals surface area contributed by atoms with Crippen molar-refractivity contribution in [2.75, 3.05) is 17.7 Å². The molecule has 1 atom stereocenters. The fourth-order valence-electron chi connectivity index (χ4n) is 3.80. The Morgan fingerprint density at radius 2 is 2.00 bits per heavy atom. The summed E-state index contributed by atoms with van der Waals surface area (Å²) in [4.78, 5) is 17.7. The van der Waals surface area contributed by atoms with Crippen molar-refractivity contribution in [3.63, 3.8) is 0 Å². The lowest BCUT2D eigenvalue weighted by molar-refractivity contribution is -0.139. The van der Waals surface area contributed by atoms with Gasteiger partial charge in [0.05, 0.1) is 12.2 Å². The quantitative estimate of drug-likeness (QED) is 0.195. The minimum Gasteiger partial charge on any atom is -0.489 e. The molecule has 9 heteroatoms. The average Bonchev–Trinajstić information content (AvgIpc) is 3.25. The molecule has 0 aliphatic carbocycles. The van der Waals surface area contributed by atoms with Crippen LogP contribution in [-0.4, -0.2) is 33.1 Å². The molecule has 0 spiro atoms. The fourth-order valence-corrected chi connectivity index (χ4v) is 4.84. The van der Waals surface area contributed by atoms with Crippen molar-refractivity contribution in [1.82, 2.24) is 14.8 Å². The van der Waals surface area contributed by atoms with E-state index in [-0.39, 0.29) is 12.6 Å². The number of nitrogens with one attached hydrogen (secondary N) is 1. The van der Waals surface area contributed by atoms with Gasteiger partial charge in [-0.3, -0.25) is 0 Å². The predicted octanol–water partition coefficient (Wildman–Crippen LogP) is 6.25. The molecule has 4 rings (SSSR count). The molecule has 1 aromatic heterocycles. The first kappa shape index (κ1) is 25.1. The Kier molecular flexibility index (Phi) is 8.36. The molecule has 35 heavy (non-hydrogen) atoms. The summed E-state index contributed by atoms with van der Waals surface area (Å²) in [6.45, 7) is 6.51. The Hall–Kier alpha value is -2.97. The van der Waals surface area contributed by atoms with Gasteiger partial charge < -0.3 is 14.8 Å². The number of halogens is 1. The highest BCUT2D eigenvalue weighted by molar-refractivity contribution is 7.99. The molecule has 1 aliphatic heterocycles. The SMILES string of the molecule is CCCCSc1nc2n(n1)C(c1cccc(OCc3ccc(Cl)cc3)c1)C(C(=O)OCC)=C(C)N2. The second kappa shape index (κ2) is 11.6. The van der Waals surface area contributed by atoms with Crippen LogP contribution >= 0.6 is 23.4 Å². The highest BCUT2D eigenvalue weighted by atomic mass is 35.5. The van der Waals surface area contributed by atoms with E-state index in [4.69, 9.17) is 26.2 Å². The monoisotopic (exact) mass is 512 g/mol. The molecule has 2 aromatic carbocycles. The highest BCUT2D eigenvalue weighted by Gasteiger charge is 2.35. The first-order valence-electron chi connectivity index (χ1n) is 11.7. The Balaban J connectivity index is 1.66. The maximum atomic E-state index is 13.0. The Morgan fingerprint density at radius 1 is 1.20 bits per heavy atom. The zero-order chi connectivity index (χ0) is 24.8. The van der Waals surface area contributed by atoms with Crippen LogP contribution in [0.4, 0.5) is 5.95 Å². The van der Waals surface area contributed by atoms with Crippen LogP contribution in [0.2, 0.25) is 5.02 Å². The minimum atomic E-state index is -0.489. The van der Waals surface area contributed by atoms with Crippen molar-refractivity contribution in [3.05, 3.63) is 76.0 Å². The van der Waals surface area contributed by atoms with Gasteiger partial charge in [-0.2, -0.15) is 4.98 Å². The number of hydrogen-bond acceptors (Lipinski definition) is 7. The summed E-state index contributed by atoms with van der Waals surface area (Å²) in [6, 6.07) is 14.8. The molecule has 184 valence electrons. The molecule has 0 saturated heterocycles. The van der Waals surface area contributed by atoms with Gasteiger partial charge in [-0.15, -0.1) is 5.10 Å². The van der Waals surface area contributed by atoms with Gasteiger partial charge in [-0.1, -0.05) is 61.0 Å². The summed E-state index contributed by atoms with van der Waals surface area (Å²) in [7, 11) is 0. The van der Waals surface area contributed by atoms with Crippen LogP contribution in [0.1, 0.15) is 50.8 Å². The van der Waals surface area contributed by atoms with Gasteiger partial charge in [-0.05, 0) is 55.7 Å². The molecule has 7 nitrogen and oxygen atoms in total. The van der Waals surface area contributed by atoms with Crippen LogP contribution in [0.25, 0.3) is 0 Å². The molecule has 3 aromatic rings. The van der Waals surface area contributed by atoms with Crippen molar-refractivity contribution in [1.29, 1.82) is 0 Å². The number of aromatic nitrogens is 3. The number of hydrogen-bond donors (Lipinski definition) is 1. The summed E-state index contributed by atoms with van der Waals surface area (Å²) >= 11 is 7.60. The third-order valence-electron chi connectivity index (χ3n) is 5.55. The van der Waals surface area contributed by atoms with E-state index in [0.717, 1.165) is 29.7 Å². The third kappa shape index (κ3) is 6.00. The highest BCUT2D eigenvalue weighted by Crippen LogP contribution is 2.37. The molecule has 1 aliphatic rings. The number of benzene rings is 2. The molecule has 1 N–H and O–H groups in total. The van der Waals surface area contributed by atoms with Gasteiger partial charge in [-0.25, -0.2) is 9.48 Å². The summed E-state index contributed by atoms with van der Waals surface area (Å²) in [5.74, 6) is 1.86.